The SMILES string of the molecule is COc1cccc(OCC2=CN=CS2(=O)=O)c1. The molecule has 1 heterocycles. The van der Waals surface area contributed by atoms with Crippen LogP contribution in [0.25, 0.3) is 0 Å². The number of methoxy groups -OCH3 is 1. The zero-order chi connectivity index (χ0) is 12.3. The number of sulfone groups is 1. The predicted octanol–water partition coefficient (Wildman–Crippen LogP) is 1.37. The van der Waals surface area contributed by atoms with Gasteiger partial charge < -0.3 is 9.47 Å². The van der Waals surface area contributed by atoms with Gasteiger partial charge in [-0.05, 0) is 12.1 Å². The van der Waals surface area contributed by atoms with Crippen molar-refractivity contribution in [3.05, 3.63) is 35.4 Å². The second-order valence-corrected chi connectivity index (χ2v) is 5.19. The van der Waals surface area contributed by atoms with Gasteiger partial charge in [0, 0.05) is 12.3 Å². The highest BCUT2D eigenvalue weighted by molar-refractivity contribution is 8.08. The molecule has 0 aromatic heterocycles. The zero-order valence-corrected chi connectivity index (χ0v) is 9.98. The van der Waals surface area contributed by atoms with Crippen molar-refractivity contribution < 1.29 is 17.9 Å². The van der Waals surface area contributed by atoms with Crippen molar-refractivity contribution >= 4 is 15.4 Å². The van der Waals surface area contributed by atoms with Crippen LogP contribution in [-0.4, -0.2) is 27.7 Å². The lowest BCUT2D eigenvalue weighted by molar-refractivity contribution is 0.352. The summed E-state index contributed by atoms with van der Waals surface area (Å²) >= 11 is 0. The second-order valence-electron chi connectivity index (χ2n) is 3.36. The Hall–Kier alpha value is -1.82. The van der Waals surface area contributed by atoms with Crippen LogP contribution in [0, 0.1) is 0 Å². The maximum absolute atomic E-state index is 11.4. The van der Waals surface area contributed by atoms with E-state index in [0.717, 1.165) is 5.55 Å². The van der Waals surface area contributed by atoms with E-state index >= 15 is 0 Å². The Morgan fingerprint density at radius 2 is 2.06 bits per heavy atom. The summed E-state index contributed by atoms with van der Waals surface area (Å²) in [5, 5.41) is 0. The van der Waals surface area contributed by atoms with Crippen molar-refractivity contribution in [1.82, 2.24) is 0 Å². The first-order valence-electron chi connectivity index (χ1n) is 4.86. The lowest BCUT2D eigenvalue weighted by Crippen LogP contribution is -2.09. The lowest BCUT2D eigenvalue weighted by atomic mass is 10.3. The third kappa shape index (κ3) is 2.65. The molecule has 0 aliphatic carbocycles. The van der Waals surface area contributed by atoms with Crippen LogP contribution in [0.15, 0.2) is 40.4 Å². The van der Waals surface area contributed by atoms with Gasteiger partial charge in [-0.2, -0.15) is 0 Å². The molecule has 6 heteroatoms. The zero-order valence-electron chi connectivity index (χ0n) is 9.16. The van der Waals surface area contributed by atoms with E-state index in [2.05, 4.69) is 4.99 Å². The summed E-state index contributed by atoms with van der Waals surface area (Å²) < 4.78 is 33.2. The van der Waals surface area contributed by atoms with E-state index in [-0.39, 0.29) is 11.5 Å². The average molecular weight is 253 g/mol. The van der Waals surface area contributed by atoms with Crippen molar-refractivity contribution in [2.75, 3.05) is 13.7 Å². The molecule has 0 saturated carbocycles. The summed E-state index contributed by atoms with van der Waals surface area (Å²) in [6, 6.07) is 6.96. The van der Waals surface area contributed by atoms with E-state index in [4.69, 9.17) is 9.47 Å². The van der Waals surface area contributed by atoms with Crippen LogP contribution < -0.4 is 9.47 Å². The number of rotatable bonds is 4. The number of hydrogen-bond donors (Lipinski definition) is 0. The molecule has 0 radical (unpaired) electrons. The molecular weight excluding hydrogens is 242 g/mol. The maximum atomic E-state index is 11.4. The molecule has 1 aliphatic heterocycles. The van der Waals surface area contributed by atoms with Crippen LogP contribution in [0.4, 0.5) is 0 Å². The Kier molecular flexibility index (Phi) is 3.14. The fourth-order valence-corrected chi connectivity index (χ4v) is 2.09. The molecule has 5 nitrogen and oxygen atoms in total. The van der Waals surface area contributed by atoms with Crippen molar-refractivity contribution in [2.45, 2.75) is 0 Å². The first-order valence-corrected chi connectivity index (χ1v) is 6.40. The van der Waals surface area contributed by atoms with Crippen molar-refractivity contribution in [3.8, 4) is 11.5 Å². The molecule has 90 valence electrons. The molecule has 17 heavy (non-hydrogen) atoms. The summed E-state index contributed by atoms with van der Waals surface area (Å²) in [7, 11) is -1.81. The monoisotopic (exact) mass is 253 g/mol. The highest BCUT2D eigenvalue weighted by atomic mass is 32.2. The number of hydrogen-bond acceptors (Lipinski definition) is 5. The predicted molar refractivity (Wildman–Crippen MR) is 64.0 cm³/mol. The average Bonchev–Trinajstić information content (AvgIpc) is 2.66. The van der Waals surface area contributed by atoms with Crippen LogP contribution in [0.1, 0.15) is 0 Å². The standard InChI is InChI=1S/C11H11NO4S/c1-15-9-3-2-4-10(5-9)16-7-11-6-12-8-17(11,13)14/h2-6,8H,7H2,1H3. The third-order valence-corrected chi connectivity index (χ3v) is 3.56. The molecule has 0 amide bonds. The molecule has 0 fully saturated rings. The van der Waals surface area contributed by atoms with Gasteiger partial charge in [0.1, 0.15) is 28.6 Å². The normalized spacial score (nSPS) is 16.6. The molecule has 0 unspecified atom stereocenters. The maximum Gasteiger partial charge on any atom is 0.217 e. The fraction of sp³-hybridized carbons (Fsp3) is 0.182. The number of nitrogens with zero attached hydrogens (tertiary/aromatic N) is 1. The number of aliphatic imine (C=N–C) groups is 1. The Morgan fingerprint density at radius 3 is 2.71 bits per heavy atom. The molecule has 1 aromatic rings. The summed E-state index contributed by atoms with van der Waals surface area (Å²) in [4.78, 5) is 3.74. The molecule has 2 rings (SSSR count). The Balaban J connectivity index is 2.04. The van der Waals surface area contributed by atoms with Crippen LogP contribution >= 0.6 is 0 Å². The van der Waals surface area contributed by atoms with E-state index in [0.29, 0.717) is 11.5 Å². The summed E-state index contributed by atoms with van der Waals surface area (Å²) in [6.07, 6.45) is 1.29. The largest absolute Gasteiger partial charge is 0.497 e. The van der Waals surface area contributed by atoms with Gasteiger partial charge >= 0.3 is 0 Å². The lowest BCUT2D eigenvalue weighted by Gasteiger charge is -2.07. The minimum absolute atomic E-state index is 0.0322. The van der Waals surface area contributed by atoms with Gasteiger partial charge in [0.25, 0.3) is 0 Å². The molecular formula is C11H11NO4S. The molecule has 1 aromatic carbocycles. The molecule has 0 atom stereocenters. The quantitative estimate of drug-likeness (QED) is 0.813. The van der Waals surface area contributed by atoms with E-state index < -0.39 is 9.84 Å². The molecule has 0 saturated heterocycles. The van der Waals surface area contributed by atoms with Crippen molar-refractivity contribution in [1.29, 1.82) is 0 Å². The minimum Gasteiger partial charge on any atom is -0.497 e. The van der Waals surface area contributed by atoms with Gasteiger partial charge in [-0.3, -0.25) is 4.99 Å². The Morgan fingerprint density at radius 1 is 1.29 bits per heavy atom. The minimum atomic E-state index is -3.36. The van der Waals surface area contributed by atoms with Gasteiger partial charge in [0.2, 0.25) is 9.84 Å². The van der Waals surface area contributed by atoms with E-state index in [1.54, 1.807) is 31.4 Å². The first kappa shape index (κ1) is 11.7. The highest BCUT2D eigenvalue weighted by Gasteiger charge is 2.19. The Bertz CT molecular complexity index is 575. The summed E-state index contributed by atoms with van der Waals surface area (Å²) in [6.45, 7) is -0.0322. The third-order valence-electron chi connectivity index (χ3n) is 2.21. The summed E-state index contributed by atoms with van der Waals surface area (Å²) in [5.41, 5.74) is 0.914. The summed E-state index contributed by atoms with van der Waals surface area (Å²) in [5.74, 6) is 1.20. The van der Waals surface area contributed by atoms with Gasteiger partial charge in [0.05, 0.1) is 7.11 Å². The first-order chi connectivity index (χ1) is 8.12. The molecule has 1 aliphatic rings. The van der Waals surface area contributed by atoms with Crippen LogP contribution in [-0.2, 0) is 9.84 Å². The van der Waals surface area contributed by atoms with Gasteiger partial charge in [0.15, 0.2) is 0 Å². The van der Waals surface area contributed by atoms with Crippen molar-refractivity contribution in [2.24, 2.45) is 4.99 Å². The topological polar surface area (TPSA) is 65.0 Å². The molecule has 0 spiro atoms. The molecule has 0 N–H and O–H groups in total. The fourth-order valence-electron chi connectivity index (χ4n) is 1.30. The molecule has 0 bridgehead atoms. The smallest absolute Gasteiger partial charge is 0.217 e. The van der Waals surface area contributed by atoms with Gasteiger partial charge in [-0.1, -0.05) is 6.07 Å². The van der Waals surface area contributed by atoms with Gasteiger partial charge in [-0.15, -0.1) is 0 Å². The van der Waals surface area contributed by atoms with Crippen LogP contribution in [0.5, 0.6) is 11.5 Å². The number of ether oxygens (including phenoxy) is 2. The highest BCUT2D eigenvalue weighted by Crippen LogP contribution is 2.20. The van der Waals surface area contributed by atoms with Gasteiger partial charge in [-0.25, -0.2) is 8.42 Å². The van der Waals surface area contributed by atoms with E-state index in [1.807, 2.05) is 0 Å². The second kappa shape index (κ2) is 4.58. The number of benzene rings is 1. The van der Waals surface area contributed by atoms with E-state index in [9.17, 15) is 8.42 Å². The van der Waals surface area contributed by atoms with E-state index in [1.165, 1.54) is 6.20 Å². The van der Waals surface area contributed by atoms with Crippen molar-refractivity contribution in [3.63, 3.8) is 0 Å². The Labute approximate surface area is 99.3 Å². The van der Waals surface area contributed by atoms with Crippen LogP contribution in [0.2, 0.25) is 0 Å². The van der Waals surface area contributed by atoms with Crippen LogP contribution in [0.3, 0.4) is 0 Å².